The van der Waals surface area contributed by atoms with Crippen molar-refractivity contribution in [3.63, 3.8) is 0 Å². The highest BCUT2D eigenvalue weighted by atomic mass is 19.1. The van der Waals surface area contributed by atoms with Crippen molar-refractivity contribution in [2.45, 2.75) is 77.2 Å². The predicted octanol–water partition coefficient (Wildman–Crippen LogP) is 3.79. The zero-order valence-electron chi connectivity index (χ0n) is 24.1. The molecule has 1 aliphatic rings. The first-order chi connectivity index (χ1) is 19.6. The van der Waals surface area contributed by atoms with E-state index >= 15 is 0 Å². The fraction of sp³-hybridized carbons (Fsp3) is 0.548. The van der Waals surface area contributed by atoms with Gasteiger partial charge in [0.25, 0.3) is 11.8 Å². The number of aliphatic hydroxyl groups excluding tert-OH is 2. The maximum atomic E-state index is 13.9. The Bertz CT molecular complexity index is 1130. The Morgan fingerprint density at radius 2 is 1.61 bits per heavy atom. The minimum absolute atomic E-state index is 0.126. The Labute approximate surface area is 240 Å². The van der Waals surface area contributed by atoms with Gasteiger partial charge in [-0.1, -0.05) is 13.8 Å². The van der Waals surface area contributed by atoms with Gasteiger partial charge in [-0.3, -0.25) is 9.59 Å². The van der Waals surface area contributed by atoms with E-state index in [0.29, 0.717) is 50.3 Å². The van der Waals surface area contributed by atoms with E-state index in [4.69, 9.17) is 9.47 Å². The van der Waals surface area contributed by atoms with Gasteiger partial charge in [0.05, 0.1) is 18.8 Å². The van der Waals surface area contributed by atoms with Gasteiger partial charge < -0.3 is 29.9 Å². The topological polar surface area (TPSA) is 108 Å². The third kappa shape index (κ3) is 9.85. The lowest BCUT2D eigenvalue weighted by Crippen LogP contribution is -2.51. The molecule has 41 heavy (non-hydrogen) atoms. The summed E-state index contributed by atoms with van der Waals surface area (Å²) in [5, 5.41) is 24.5. The minimum Gasteiger partial charge on any atom is -0.388 e. The number of carbonyl (C=O) groups excluding carboxylic acids is 2. The van der Waals surface area contributed by atoms with Crippen molar-refractivity contribution in [1.29, 1.82) is 0 Å². The van der Waals surface area contributed by atoms with E-state index < -0.39 is 35.8 Å². The lowest BCUT2D eigenvalue weighted by molar-refractivity contribution is -0.0920. The van der Waals surface area contributed by atoms with E-state index in [2.05, 4.69) is 5.32 Å². The molecule has 0 saturated carbocycles. The van der Waals surface area contributed by atoms with Crippen molar-refractivity contribution in [3.8, 4) is 0 Å². The van der Waals surface area contributed by atoms with Crippen LogP contribution in [-0.4, -0.2) is 84.2 Å². The van der Waals surface area contributed by atoms with E-state index in [9.17, 15) is 28.6 Å². The molecule has 2 aromatic carbocycles. The molecule has 0 aromatic heterocycles. The van der Waals surface area contributed by atoms with Crippen LogP contribution < -0.4 is 5.32 Å². The maximum absolute atomic E-state index is 13.9. The lowest BCUT2D eigenvalue weighted by Gasteiger charge is -2.30. The van der Waals surface area contributed by atoms with Gasteiger partial charge in [0.15, 0.2) is 0 Å². The fourth-order valence-corrected chi connectivity index (χ4v) is 5.01. The number of nitrogens with one attached hydrogen (secondary N) is 1. The Kier molecular flexibility index (Phi) is 12.6. The van der Waals surface area contributed by atoms with Crippen LogP contribution >= 0.6 is 0 Å². The monoisotopic (exact) mass is 576 g/mol. The molecule has 2 aromatic rings. The second-order valence-electron chi connectivity index (χ2n) is 10.6. The molecule has 226 valence electrons. The molecule has 0 spiro atoms. The van der Waals surface area contributed by atoms with Crippen molar-refractivity contribution < 1.29 is 38.1 Å². The number of aryl methyl sites for hydroxylation is 1. The van der Waals surface area contributed by atoms with E-state index in [1.165, 1.54) is 6.07 Å². The summed E-state index contributed by atoms with van der Waals surface area (Å²) in [7, 11) is 0. The maximum Gasteiger partial charge on any atom is 0.253 e. The summed E-state index contributed by atoms with van der Waals surface area (Å²) in [6, 6.07) is 6.67. The number of ether oxygens (including phenoxy) is 2. The van der Waals surface area contributed by atoms with Gasteiger partial charge in [-0.15, -0.1) is 0 Å². The van der Waals surface area contributed by atoms with Gasteiger partial charge in [-0.25, -0.2) is 8.78 Å². The summed E-state index contributed by atoms with van der Waals surface area (Å²) in [6.45, 7) is 7.84. The highest BCUT2D eigenvalue weighted by Gasteiger charge is 2.30. The molecule has 8 nitrogen and oxygen atoms in total. The number of carbonyl (C=O) groups is 2. The Balaban J connectivity index is 1.82. The number of hydrogen-bond acceptors (Lipinski definition) is 6. The van der Waals surface area contributed by atoms with Crippen LogP contribution in [0.5, 0.6) is 0 Å². The first kappa shape index (κ1) is 32.6. The quantitative estimate of drug-likeness (QED) is 0.316. The molecule has 2 amide bonds. The van der Waals surface area contributed by atoms with Crippen LogP contribution in [0.1, 0.15) is 71.4 Å². The molecule has 1 saturated heterocycles. The standard InChI is InChI=1S/C31H42F2N2O6/c1-4-8-35(9-5-2)31(39)23-13-20(3)12-22(17-23)30(38)34-27(16-21-14-24(32)18-25(33)15-21)29(37)28(36)19-41-26-6-10-40-11-7-26/h12-15,17-18,26-29,36-37H,4-11,16,19H2,1-3H3,(H,34,38)/t27-,28+,29+/m0/s1. The highest BCUT2D eigenvalue weighted by molar-refractivity contribution is 6.00. The molecule has 3 N–H and O–H groups in total. The van der Waals surface area contributed by atoms with Crippen molar-refractivity contribution >= 4 is 11.8 Å². The average molecular weight is 577 g/mol. The average Bonchev–Trinajstić information content (AvgIpc) is 2.94. The second-order valence-corrected chi connectivity index (χ2v) is 10.6. The van der Waals surface area contributed by atoms with Crippen LogP contribution in [0.3, 0.4) is 0 Å². The number of benzene rings is 2. The van der Waals surface area contributed by atoms with Gasteiger partial charge in [0, 0.05) is 43.5 Å². The molecular weight excluding hydrogens is 534 g/mol. The first-order valence-electron chi connectivity index (χ1n) is 14.3. The summed E-state index contributed by atoms with van der Waals surface area (Å²) >= 11 is 0. The SMILES string of the molecule is CCCN(CCC)C(=O)c1cc(C)cc(C(=O)N[C@@H](Cc2cc(F)cc(F)c2)[C@@H](O)[C@H](O)COC2CCOCC2)c1. The molecule has 1 aliphatic heterocycles. The first-order valence-corrected chi connectivity index (χ1v) is 14.3. The molecule has 1 heterocycles. The molecule has 3 atom stereocenters. The second kappa shape index (κ2) is 15.9. The van der Waals surface area contributed by atoms with Gasteiger partial charge in [0.2, 0.25) is 0 Å². The van der Waals surface area contributed by atoms with Crippen LogP contribution in [-0.2, 0) is 15.9 Å². The van der Waals surface area contributed by atoms with Crippen molar-refractivity contribution in [1.82, 2.24) is 10.2 Å². The number of nitrogens with zero attached hydrogens (tertiary/aromatic N) is 1. The number of halogens is 2. The number of amides is 2. The molecule has 1 fully saturated rings. The third-order valence-corrected chi connectivity index (χ3v) is 7.03. The molecule has 3 rings (SSSR count). The normalized spacial score (nSPS) is 16.2. The third-order valence-electron chi connectivity index (χ3n) is 7.03. The summed E-state index contributed by atoms with van der Waals surface area (Å²) in [4.78, 5) is 28.4. The Morgan fingerprint density at radius 1 is 1.00 bits per heavy atom. The molecule has 0 bridgehead atoms. The van der Waals surface area contributed by atoms with E-state index in [0.717, 1.165) is 31.0 Å². The largest absolute Gasteiger partial charge is 0.388 e. The van der Waals surface area contributed by atoms with Gasteiger partial charge in [-0.2, -0.15) is 0 Å². The van der Waals surface area contributed by atoms with Crippen molar-refractivity contribution in [2.75, 3.05) is 32.9 Å². The predicted molar refractivity (Wildman–Crippen MR) is 151 cm³/mol. The van der Waals surface area contributed by atoms with Crippen LogP contribution in [0.25, 0.3) is 0 Å². The van der Waals surface area contributed by atoms with Crippen molar-refractivity contribution in [2.24, 2.45) is 0 Å². The highest BCUT2D eigenvalue weighted by Crippen LogP contribution is 2.18. The molecular formula is C31H42F2N2O6. The van der Waals surface area contributed by atoms with Crippen LogP contribution in [0.2, 0.25) is 0 Å². The van der Waals surface area contributed by atoms with E-state index in [-0.39, 0.29) is 36.2 Å². The van der Waals surface area contributed by atoms with Crippen LogP contribution in [0, 0.1) is 18.6 Å². The number of hydrogen-bond donors (Lipinski definition) is 3. The molecule has 10 heteroatoms. The molecule has 0 radical (unpaired) electrons. The zero-order valence-corrected chi connectivity index (χ0v) is 24.1. The van der Waals surface area contributed by atoms with Crippen LogP contribution in [0.15, 0.2) is 36.4 Å². The Hall–Kier alpha value is -2.92. The lowest BCUT2D eigenvalue weighted by atomic mass is 9.96. The fourth-order valence-electron chi connectivity index (χ4n) is 5.01. The molecule has 0 aliphatic carbocycles. The number of rotatable bonds is 14. The molecule has 0 unspecified atom stereocenters. The van der Waals surface area contributed by atoms with Crippen LogP contribution in [0.4, 0.5) is 8.78 Å². The summed E-state index contributed by atoms with van der Waals surface area (Å²) in [6.07, 6.45) is -0.263. The minimum atomic E-state index is -1.51. The summed E-state index contributed by atoms with van der Waals surface area (Å²) < 4.78 is 38.9. The van der Waals surface area contributed by atoms with Gasteiger partial charge >= 0.3 is 0 Å². The van der Waals surface area contributed by atoms with E-state index in [1.807, 2.05) is 13.8 Å². The zero-order chi connectivity index (χ0) is 29.9. The van der Waals surface area contributed by atoms with Gasteiger partial charge in [0.1, 0.15) is 23.8 Å². The smallest absolute Gasteiger partial charge is 0.253 e. The summed E-state index contributed by atoms with van der Waals surface area (Å²) in [5.41, 5.74) is 1.45. The Morgan fingerprint density at radius 3 is 2.22 bits per heavy atom. The number of aliphatic hydroxyl groups is 2. The van der Waals surface area contributed by atoms with Crippen molar-refractivity contribution in [3.05, 3.63) is 70.3 Å². The van der Waals surface area contributed by atoms with Gasteiger partial charge in [-0.05, 0) is 80.5 Å². The summed E-state index contributed by atoms with van der Waals surface area (Å²) in [5.74, 6) is -2.38. The van der Waals surface area contributed by atoms with E-state index in [1.54, 1.807) is 24.0 Å².